The van der Waals surface area contributed by atoms with E-state index in [0.29, 0.717) is 11.1 Å². The highest BCUT2D eigenvalue weighted by atomic mass is 16.4. The molecule has 2 aromatic carbocycles. The molecule has 0 saturated heterocycles. The molecule has 0 unspecified atom stereocenters. The first kappa shape index (κ1) is 14.3. The Balaban J connectivity index is 1.80. The van der Waals surface area contributed by atoms with Crippen LogP contribution < -0.4 is 5.63 Å². The summed E-state index contributed by atoms with van der Waals surface area (Å²) >= 11 is 0. The molecule has 24 heavy (non-hydrogen) atoms. The maximum absolute atomic E-state index is 12.6. The monoisotopic (exact) mass is 320 g/mol. The number of ketones is 1. The summed E-state index contributed by atoms with van der Waals surface area (Å²) in [6, 6.07) is 13.9. The molecular weight excluding hydrogens is 308 g/mol. The molecule has 0 aliphatic heterocycles. The van der Waals surface area contributed by atoms with Gasteiger partial charge in [0, 0.05) is 10.8 Å². The maximum atomic E-state index is 12.6. The maximum Gasteiger partial charge on any atom is 0.351 e. The van der Waals surface area contributed by atoms with Gasteiger partial charge in [0.2, 0.25) is 0 Å². The summed E-state index contributed by atoms with van der Waals surface area (Å²) in [5, 5.41) is 12.3. The Morgan fingerprint density at radius 3 is 2.54 bits per heavy atom. The van der Waals surface area contributed by atoms with Crippen LogP contribution in [0.2, 0.25) is 0 Å². The molecule has 2 aromatic heterocycles. The van der Waals surface area contributed by atoms with E-state index in [9.17, 15) is 14.7 Å². The molecule has 4 rings (SSSR count). The predicted molar refractivity (Wildman–Crippen MR) is 88.4 cm³/mol. The minimum atomic E-state index is -0.855. The highest BCUT2D eigenvalue weighted by Crippen LogP contribution is 2.28. The molecule has 5 nitrogen and oxygen atoms in total. The van der Waals surface area contributed by atoms with Crippen LogP contribution in [0.4, 0.5) is 0 Å². The molecule has 1 N–H and O–H groups in total. The quantitative estimate of drug-likeness (QED) is 0.460. The Morgan fingerprint density at radius 1 is 1.00 bits per heavy atom. The van der Waals surface area contributed by atoms with Crippen LogP contribution in [0.25, 0.3) is 21.7 Å². The molecule has 118 valence electrons. The lowest BCUT2D eigenvalue weighted by Gasteiger charge is -2.05. The largest absolute Gasteiger partial charge is 0.506 e. The van der Waals surface area contributed by atoms with Crippen LogP contribution in [0, 0.1) is 0 Å². The van der Waals surface area contributed by atoms with Crippen LogP contribution in [0.15, 0.2) is 68.4 Å². The van der Waals surface area contributed by atoms with Crippen molar-refractivity contribution in [3.8, 4) is 5.75 Å². The van der Waals surface area contributed by atoms with E-state index in [-0.39, 0.29) is 23.3 Å². The summed E-state index contributed by atoms with van der Waals surface area (Å²) in [5.41, 5.74) is -0.971. The third-order valence-electron chi connectivity index (χ3n) is 3.98. The minimum absolute atomic E-state index is 0.135. The number of hydrogen-bond donors (Lipinski definition) is 1. The average Bonchev–Trinajstić information content (AvgIpc) is 2.98. The van der Waals surface area contributed by atoms with E-state index >= 15 is 0 Å². The van der Waals surface area contributed by atoms with Crippen molar-refractivity contribution in [2.24, 2.45) is 0 Å². The normalized spacial score (nSPS) is 11.2. The molecular formula is C19H12O5. The van der Waals surface area contributed by atoms with Gasteiger partial charge in [-0.2, -0.15) is 0 Å². The summed E-state index contributed by atoms with van der Waals surface area (Å²) in [5.74, 6) is -0.461. The van der Waals surface area contributed by atoms with Crippen LogP contribution in [0.1, 0.15) is 16.1 Å². The number of benzene rings is 2. The van der Waals surface area contributed by atoms with Crippen LogP contribution in [-0.2, 0) is 6.42 Å². The van der Waals surface area contributed by atoms with Gasteiger partial charge in [-0.1, -0.05) is 36.4 Å². The van der Waals surface area contributed by atoms with Crippen molar-refractivity contribution in [3.05, 3.63) is 76.5 Å². The van der Waals surface area contributed by atoms with Gasteiger partial charge in [-0.15, -0.1) is 0 Å². The van der Waals surface area contributed by atoms with Crippen molar-refractivity contribution in [1.82, 2.24) is 0 Å². The van der Waals surface area contributed by atoms with Gasteiger partial charge in [0.25, 0.3) is 0 Å². The van der Waals surface area contributed by atoms with E-state index in [1.54, 1.807) is 30.5 Å². The predicted octanol–water partition coefficient (Wildman–Crippen LogP) is 3.67. The zero-order valence-electron chi connectivity index (χ0n) is 12.5. The Kier molecular flexibility index (Phi) is 3.20. The number of rotatable bonds is 3. The number of carbonyl (C=O) groups excluding carboxylic acids is 1. The summed E-state index contributed by atoms with van der Waals surface area (Å²) < 4.78 is 10.6. The van der Waals surface area contributed by atoms with Gasteiger partial charge >= 0.3 is 5.63 Å². The van der Waals surface area contributed by atoms with E-state index in [1.807, 2.05) is 24.3 Å². The molecule has 2 heterocycles. The van der Waals surface area contributed by atoms with Gasteiger partial charge in [0.1, 0.15) is 22.7 Å². The van der Waals surface area contributed by atoms with Crippen LogP contribution in [0.5, 0.6) is 5.75 Å². The zero-order valence-corrected chi connectivity index (χ0v) is 12.5. The molecule has 0 radical (unpaired) electrons. The molecule has 5 heteroatoms. The Bertz CT molecular complexity index is 1130. The van der Waals surface area contributed by atoms with Gasteiger partial charge in [0.05, 0.1) is 18.1 Å². The zero-order chi connectivity index (χ0) is 16.7. The highest BCUT2D eigenvalue weighted by Gasteiger charge is 2.22. The number of para-hydroxylation sites is 1. The third kappa shape index (κ3) is 2.18. The Morgan fingerprint density at radius 2 is 1.71 bits per heavy atom. The van der Waals surface area contributed by atoms with E-state index in [2.05, 4.69) is 0 Å². The first-order valence-corrected chi connectivity index (χ1v) is 7.38. The van der Waals surface area contributed by atoms with Gasteiger partial charge in [-0.25, -0.2) is 4.79 Å². The highest BCUT2D eigenvalue weighted by molar-refractivity contribution is 6.04. The van der Waals surface area contributed by atoms with Gasteiger partial charge in [0.15, 0.2) is 5.78 Å². The van der Waals surface area contributed by atoms with E-state index in [4.69, 9.17) is 8.83 Å². The fourth-order valence-electron chi connectivity index (χ4n) is 2.80. The molecule has 0 spiro atoms. The molecule has 0 amide bonds. The van der Waals surface area contributed by atoms with Crippen LogP contribution in [-0.4, -0.2) is 10.9 Å². The summed E-state index contributed by atoms with van der Waals surface area (Å²) in [6.07, 6.45) is 1.42. The lowest BCUT2D eigenvalue weighted by Crippen LogP contribution is -2.16. The number of aromatic hydroxyl groups is 1. The topological polar surface area (TPSA) is 80.7 Å². The molecule has 0 saturated carbocycles. The molecule has 4 aromatic rings. The fourth-order valence-corrected chi connectivity index (χ4v) is 2.80. The van der Waals surface area contributed by atoms with Gasteiger partial charge in [-0.3, -0.25) is 4.79 Å². The van der Waals surface area contributed by atoms with E-state index in [0.717, 1.165) is 10.8 Å². The number of carbonyl (C=O) groups is 1. The lowest BCUT2D eigenvalue weighted by molar-refractivity contribution is 0.0981. The van der Waals surface area contributed by atoms with E-state index in [1.165, 1.54) is 0 Å². The Labute approximate surface area is 135 Å². The van der Waals surface area contributed by atoms with Crippen molar-refractivity contribution in [3.63, 3.8) is 0 Å². The van der Waals surface area contributed by atoms with Crippen molar-refractivity contribution in [2.45, 2.75) is 6.42 Å². The third-order valence-corrected chi connectivity index (χ3v) is 3.98. The smallest absolute Gasteiger partial charge is 0.351 e. The molecule has 0 fully saturated rings. The SMILES string of the molecule is O=C(Cc1occ2ccccc12)c1c(O)c2ccccc2oc1=O. The van der Waals surface area contributed by atoms with Crippen LogP contribution in [0.3, 0.4) is 0 Å². The summed E-state index contributed by atoms with van der Waals surface area (Å²) in [4.78, 5) is 24.7. The number of fused-ring (bicyclic) bond motifs is 2. The molecule has 0 aliphatic carbocycles. The van der Waals surface area contributed by atoms with Crippen molar-refractivity contribution in [2.75, 3.05) is 0 Å². The summed E-state index contributed by atoms with van der Waals surface area (Å²) in [6.45, 7) is 0. The fraction of sp³-hybridized carbons (Fsp3) is 0.0526. The second-order valence-corrected chi connectivity index (χ2v) is 5.46. The summed E-state index contributed by atoms with van der Waals surface area (Å²) in [7, 11) is 0. The number of furan rings is 1. The Hall–Kier alpha value is -3.34. The van der Waals surface area contributed by atoms with E-state index < -0.39 is 11.4 Å². The van der Waals surface area contributed by atoms with Crippen molar-refractivity contribution >= 4 is 27.5 Å². The first-order chi connectivity index (χ1) is 11.6. The molecule has 0 bridgehead atoms. The minimum Gasteiger partial charge on any atom is -0.506 e. The lowest BCUT2D eigenvalue weighted by atomic mass is 10.0. The van der Waals surface area contributed by atoms with Gasteiger partial charge < -0.3 is 13.9 Å². The average molecular weight is 320 g/mol. The second kappa shape index (κ2) is 5.38. The number of Topliss-reactive ketones (excluding diaryl/α,β-unsaturated/α-hetero) is 1. The second-order valence-electron chi connectivity index (χ2n) is 5.46. The standard InChI is InChI=1S/C19H12O5/c20-14(9-16-12-6-2-1-5-11(12)10-23-16)17-18(21)13-7-3-4-8-15(13)24-19(17)22/h1-8,10,21H,9H2. The van der Waals surface area contributed by atoms with Crippen molar-refractivity contribution < 1.29 is 18.7 Å². The van der Waals surface area contributed by atoms with Gasteiger partial charge in [-0.05, 0) is 12.1 Å². The first-order valence-electron chi connectivity index (χ1n) is 7.38. The molecule has 0 atom stereocenters. The number of hydrogen-bond acceptors (Lipinski definition) is 5. The van der Waals surface area contributed by atoms with Crippen LogP contribution >= 0.6 is 0 Å². The molecule has 0 aliphatic rings. The van der Waals surface area contributed by atoms with Crippen molar-refractivity contribution in [1.29, 1.82) is 0 Å².